The van der Waals surface area contributed by atoms with Crippen LogP contribution in [0.5, 0.6) is 0 Å². The second-order valence-corrected chi connectivity index (χ2v) is 1.33. The first-order valence-electron chi connectivity index (χ1n) is 2.08. The molecule has 0 aliphatic rings. The van der Waals surface area contributed by atoms with Crippen LogP contribution < -0.4 is 5.73 Å². The second kappa shape index (κ2) is 2.72. The maximum atomic E-state index is 10.1. The Labute approximate surface area is 54.6 Å². The summed E-state index contributed by atoms with van der Waals surface area (Å²) in [6.45, 7) is 0. The molecule has 0 rings (SSSR count). The number of primary amides is 1. The first kappa shape index (κ1) is 8.28. The van der Waals surface area contributed by atoms with Gasteiger partial charge in [-0.15, -0.1) is 0 Å². The molecule has 6 heteroatoms. The van der Waals surface area contributed by atoms with Gasteiger partial charge in [0.2, 0.25) is 0 Å². The topological polar surface area (TPSA) is 115 Å². The van der Waals surface area contributed by atoms with Gasteiger partial charge in [-0.2, -0.15) is 0 Å². The zero-order valence-corrected chi connectivity index (χ0v) is 4.66. The highest BCUT2D eigenvalue weighted by atomic mass is 16.4. The number of amides is 1. The molecule has 0 unspecified atom stereocenters. The number of ketones is 2. The average molecular weight is 145 g/mol. The lowest BCUT2D eigenvalue weighted by Gasteiger charge is -1.85. The van der Waals surface area contributed by atoms with Crippen molar-refractivity contribution < 1.29 is 24.3 Å². The molecule has 54 valence electrons. The summed E-state index contributed by atoms with van der Waals surface area (Å²) < 4.78 is 0. The van der Waals surface area contributed by atoms with Gasteiger partial charge >= 0.3 is 11.8 Å². The minimum Gasteiger partial charge on any atom is -0.475 e. The molecule has 10 heavy (non-hydrogen) atoms. The molecule has 0 fully saturated rings. The highest BCUT2D eigenvalue weighted by Crippen LogP contribution is 1.75. The van der Waals surface area contributed by atoms with E-state index in [-0.39, 0.29) is 0 Å². The Balaban J connectivity index is 4.39. The number of Topliss-reactive ketones (excluding diaryl/α,β-unsaturated/α-hetero) is 2. The van der Waals surface area contributed by atoms with Gasteiger partial charge in [-0.3, -0.25) is 14.4 Å². The number of carbonyl (C=O) groups excluding carboxylic acids is 3. The number of hydrogen-bond acceptors (Lipinski definition) is 4. The third-order valence-corrected chi connectivity index (χ3v) is 0.624. The molecule has 1 amide bonds. The van der Waals surface area contributed by atoms with Gasteiger partial charge in [0.1, 0.15) is 0 Å². The van der Waals surface area contributed by atoms with E-state index in [9.17, 15) is 19.2 Å². The lowest BCUT2D eigenvalue weighted by atomic mass is 10.2. The molecule has 3 N–H and O–H groups in total. The fraction of sp³-hybridized carbons (Fsp3) is 0. The summed E-state index contributed by atoms with van der Waals surface area (Å²) in [4.78, 5) is 39.6. The van der Waals surface area contributed by atoms with E-state index in [0.29, 0.717) is 0 Å². The summed E-state index contributed by atoms with van der Waals surface area (Å²) in [5.41, 5.74) is 4.30. The lowest BCUT2D eigenvalue weighted by molar-refractivity contribution is -0.155. The number of carbonyl (C=O) groups is 4. The van der Waals surface area contributed by atoms with Gasteiger partial charge < -0.3 is 10.8 Å². The van der Waals surface area contributed by atoms with Gasteiger partial charge in [-0.05, 0) is 0 Å². The van der Waals surface area contributed by atoms with E-state index in [1.54, 1.807) is 0 Å². The zero-order chi connectivity index (χ0) is 8.31. The molecule has 0 bridgehead atoms. The van der Waals surface area contributed by atoms with Gasteiger partial charge in [0.05, 0.1) is 0 Å². The fourth-order valence-electron chi connectivity index (χ4n) is 0.209. The Kier molecular flexibility index (Phi) is 2.25. The molecule has 0 heterocycles. The Morgan fingerprint density at radius 3 is 1.50 bits per heavy atom. The molecule has 0 saturated carbocycles. The smallest absolute Gasteiger partial charge is 0.381 e. The summed E-state index contributed by atoms with van der Waals surface area (Å²) in [5.74, 6) is -7.07. The van der Waals surface area contributed by atoms with Crippen LogP contribution in [0.15, 0.2) is 0 Å². The number of carboxylic acids is 1. The molecule has 0 aliphatic carbocycles. The Hall–Kier alpha value is -1.72. The van der Waals surface area contributed by atoms with Crippen LogP contribution in [0.25, 0.3) is 0 Å². The van der Waals surface area contributed by atoms with Crippen LogP contribution in [-0.4, -0.2) is 28.5 Å². The van der Waals surface area contributed by atoms with Crippen LogP contribution >= 0.6 is 0 Å². The van der Waals surface area contributed by atoms with E-state index in [0.717, 1.165) is 0 Å². The second-order valence-electron chi connectivity index (χ2n) is 1.33. The summed E-state index contributed by atoms with van der Waals surface area (Å²) in [6, 6.07) is 0. The highest BCUT2D eigenvalue weighted by Gasteiger charge is 2.26. The Morgan fingerprint density at radius 1 is 1.00 bits per heavy atom. The van der Waals surface area contributed by atoms with Crippen molar-refractivity contribution in [2.24, 2.45) is 5.73 Å². The normalized spacial score (nSPS) is 8.40. The predicted molar refractivity (Wildman–Crippen MR) is 26.8 cm³/mol. The minimum absolute atomic E-state index is 1.56. The van der Waals surface area contributed by atoms with Gasteiger partial charge in [0, 0.05) is 0 Å². The first-order valence-corrected chi connectivity index (χ1v) is 2.08. The largest absolute Gasteiger partial charge is 0.475 e. The number of carboxylic acid groups (broad SMARTS) is 1. The van der Waals surface area contributed by atoms with Gasteiger partial charge in [0.15, 0.2) is 0 Å². The number of nitrogens with two attached hydrogens (primary N) is 1. The lowest BCUT2D eigenvalue weighted by Crippen LogP contribution is -2.34. The molecule has 0 aromatic rings. The third-order valence-electron chi connectivity index (χ3n) is 0.624. The van der Waals surface area contributed by atoms with Gasteiger partial charge in [-0.1, -0.05) is 0 Å². The predicted octanol–water partition coefficient (Wildman–Crippen LogP) is -2.31. The van der Waals surface area contributed by atoms with Crippen LogP contribution in [0.3, 0.4) is 0 Å². The van der Waals surface area contributed by atoms with E-state index in [1.807, 2.05) is 0 Å². The average Bonchev–Trinajstić information content (AvgIpc) is 1.84. The summed E-state index contributed by atoms with van der Waals surface area (Å²) >= 11 is 0. The van der Waals surface area contributed by atoms with Crippen molar-refractivity contribution in [2.45, 2.75) is 0 Å². The SMILES string of the molecule is NC(=O)C(=O)C(=O)C(=O)O. The monoisotopic (exact) mass is 145 g/mol. The number of hydrogen-bond donors (Lipinski definition) is 2. The summed E-state index contributed by atoms with van der Waals surface area (Å²) in [7, 11) is 0. The summed E-state index contributed by atoms with van der Waals surface area (Å²) in [6.07, 6.45) is 0. The Bertz CT molecular complexity index is 194. The maximum Gasteiger partial charge on any atom is 0.381 e. The molecule has 0 aromatic heterocycles. The minimum atomic E-state index is -1.98. The van der Waals surface area contributed by atoms with Crippen molar-refractivity contribution >= 4 is 23.4 Å². The van der Waals surface area contributed by atoms with Crippen LogP contribution in [0.2, 0.25) is 0 Å². The van der Waals surface area contributed by atoms with Crippen LogP contribution in [0, 0.1) is 0 Å². The first-order chi connectivity index (χ1) is 4.46. The molecule has 0 atom stereocenters. The zero-order valence-electron chi connectivity index (χ0n) is 4.66. The molecule has 0 saturated heterocycles. The highest BCUT2D eigenvalue weighted by molar-refractivity contribution is 6.76. The van der Waals surface area contributed by atoms with E-state index >= 15 is 0 Å². The van der Waals surface area contributed by atoms with Crippen LogP contribution in [0.1, 0.15) is 0 Å². The van der Waals surface area contributed by atoms with Gasteiger partial charge in [0.25, 0.3) is 11.7 Å². The number of rotatable bonds is 3. The van der Waals surface area contributed by atoms with E-state index in [4.69, 9.17) is 5.11 Å². The molecular formula is C4H3NO5. The Morgan fingerprint density at radius 2 is 1.40 bits per heavy atom. The van der Waals surface area contributed by atoms with Crippen molar-refractivity contribution in [3.8, 4) is 0 Å². The van der Waals surface area contributed by atoms with Crippen LogP contribution in [-0.2, 0) is 19.2 Å². The van der Waals surface area contributed by atoms with Crippen molar-refractivity contribution in [3.05, 3.63) is 0 Å². The van der Waals surface area contributed by atoms with E-state index < -0.39 is 23.4 Å². The van der Waals surface area contributed by atoms with Crippen LogP contribution in [0.4, 0.5) is 0 Å². The molecule has 0 spiro atoms. The molecule has 0 aromatic carbocycles. The van der Waals surface area contributed by atoms with Gasteiger partial charge in [-0.25, -0.2) is 4.79 Å². The fourth-order valence-corrected chi connectivity index (χ4v) is 0.209. The number of aliphatic carboxylic acids is 1. The van der Waals surface area contributed by atoms with Crippen molar-refractivity contribution in [1.29, 1.82) is 0 Å². The van der Waals surface area contributed by atoms with Crippen molar-refractivity contribution in [2.75, 3.05) is 0 Å². The molecule has 0 radical (unpaired) electrons. The molecule has 6 nitrogen and oxygen atoms in total. The van der Waals surface area contributed by atoms with Crippen molar-refractivity contribution in [3.63, 3.8) is 0 Å². The molecular weight excluding hydrogens is 142 g/mol. The maximum absolute atomic E-state index is 10.1. The van der Waals surface area contributed by atoms with Crippen molar-refractivity contribution in [1.82, 2.24) is 0 Å². The third kappa shape index (κ3) is 1.66. The van der Waals surface area contributed by atoms with E-state index in [1.165, 1.54) is 0 Å². The standard InChI is InChI=1S/C4H3NO5/c5-3(8)1(6)2(7)4(9)10/h(H2,5,8)(H,9,10). The van der Waals surface area contributed by atoms with E-state index in [2.05, 4.69) is 5.73 Å². The quantitative estimate of drug-likeness (QED) is 0.342. The molecule has 0 aliphatic heterocycles. The summed E-state index contributed by atoms with van der Waals surface area (Å²) in [5, 5.41) is 7.82.